The average molecular weight is 446 g/mol. The van der Waals surface area contributed by atoms with E-state index in [1.165, 1.54) is 22.4 Å². The Labute approximate surface area is 187 Å². The fourth-order valence-electron chi connectivity index (χ4n) is 3.94. The monoisotopic (exact) mass is 446 g/mol. The number of aliphatic imine (C=N–C) groups is 1. The van der Waals surface area contributed by atoms with Gasteiger partial charge in [-0.05, 0) is 30.7 Å². The first-order valence-corrected chi connectivity index (χ1v) is 10.6. The highest BCUT2D eigenvalue weighted by Gasteiger charge is 2.49. The van der Waals surface area contributed by atoms with Crippen LogP contribution < -0.4 is 15.2 Å². The van der Waals surface area contributed by atoms with Crippen LogP contribution in [0.4, 0.5) is 0 Å². The SMILES string of the molecule is CN1C(=O)[C@H](c2ccc3c(c2)OCO3)[C@@](C)(c2nc(-c3cncc(C#N)c3)cs2)N=C1N. The first-order chi connectivity index (χ1) is 15.4. The number of fused-ring (bicyclic) bond motifs is 1. The number of nitriles is 1. The molecule has 0 fully saturated rings. The summed E-state index contributed by atoms with van der Waals surface area (Å²) in [6.45, 7) is 2.00. The molecular formula is C22H18N6O3S. The topological polar surface area (TPSA) is 127 Å². The lowest BCUT2D eigenvalue weighted by molar-refractivity contribution is -0.130. The van der Waals surface area contributed by atoms with E-state index in [1.54, 1.807) is 25.4 Å². The third-order valence-electron chi connectivity index (χ3n) is 5.66. The standard InChI is InChI=1S/C22H18N6O3S/c1-22(20-26-15(10-32-20)14-5-12(7-23)8-25-9-14)18(19(29)28(2)21(24)27-22)13-3-4-16-17(6-13)31-11-30-16/h3-6,8-10,18H,11H2,1-2H3,(H2,24,27)/t18-,22-/m0/s1. The van der Waals surface area contributed by atoms with Crippen molar-refractivity contribution in [2.24, 2.45) is 10.7 Å². The van der Waals surface area contributed by atoms with Gasteiger partial charge in [-0.25, -0.2) is 9.98 Å². The molecule has 1 amide bonds. The number of rotatable bonds is 3. The third kappa shape index (κ3) is 3.06. The van der Waals surface area contributed by atoms with Crippen LogP contribution in [0.15, 0.2) is 47.0 Å². The van der Waals surface area contributed by atoms with Gasteiger partial charge in [0.1, 0.15) is 16.6 Å². The Morgan fingerprint density at radius 3 is 2.91 bits per heavy atom. The molecule has 3 aromatic rings. The summed E-state index contributed by atoms with van der Waals surface area (Å²) >= 11 is 1.38. The van der Waals surface area contributed by atoms with E-state index in [0.717, 1.165) is 5.56 Å². The number of hydrogen-bond donors (Lipinski definition) is 1. The molecule has 2 N–H and O–H groups in total. The van der Waals surface area contributed by atoms with Crippen molar-refractivity contribution in [1.29, 1.82) is 5.26 Å². The zero-order chi connectivity index (χ0) is 22.5. The number of ether oxygens (including phenoxy) is 2. The maximum Gasteiger partial charge on any atom is 0.239 e. The lowest BCUT2D eigenvalue weighted by atomic mass is 9.79. The zero-order valence-corrected chi connectivity index (χ0v) is 18.1. The normalized spacial score (nSPS) is 21.9. The van der Waals surface area contributed by atoms with E-state index in [-0.39, 0.29) is 18.7 Å². The Morgan fingerprint density at radius 1 is 1.28 bits per heavy atom. The number of aromatic nitrogens is 2. The summed E-state index contributed by atoms with van der Waals surface area (Å²) in [5.41, 5.74) is 7.61. The largest absolute Gasteiger partial charge is 0.454 e. The van der Waals surface area contributed by atoms with Crippen molar-refractivity contribution >= 4 is 23.2 Å². The summed E-state index contributed by atoms with van der Waals surface area (Å²) in [5.74, 6) is 0.485. The second-order valence-electron chi connectivity index (χ2n) is 7.67. The highest BCUT2D eigenvalue weighted by Crippen LogP contribution is 2.47. The zero-order valence-electron chi connectivity index (χ0n) is 17.3. The lowest BCUT2D eigenvalue weighted by Crippen LogP contribution is -2.52. The molecule has 9 nitrogen and oxygen atoms in total. The Bertz CT molecular complexity index is 1310. The van der Waals surface area contributed by atoms with Crippen LogP contribution >= 0.6 is 11.3 Å². The molecular weight excluding hydrogens is 428 g/mol. The fraction of sp³-hybridized carbons (Fsp3) is 0.227. The summed E-state index contributed by atoms with van der Waals surface area (Å²) < 4.78 is 10.9. The predicted molar refractivity (Wildman–Crippen MR) is 117 cm³/mol. The van der Waals surface area contributed by atoms with Crippen molar-refractivity contribution in [2.45, 2.75) is 18.4 Å². The van der Waals surface area contributed by atoms with Gasteiger partial charge in [0.15, 0.2) is 17.5 Å². The van der Waals surface area contributed by atoms with Crippen LogP contribution in [0.25, 0.3) is 11.3 Å². The third-order valence-corrected chi connectivity index (χ3v) is 6.73. The molecule has 0 saturated heterocycles. The number of benzene rings is 1. The minimum atomic E-state index is -1.04. The van der Waals surface area contributed by atoms with Crippen LogP contribution in [0, 0.1) is 11.3 Å². The van der Waals surface area contributed by atoms with Gasteiger partial charge in [0.2, 0.25) is 12.7 Å². The molecule has 2 atom stereocenters. The van der Waals surface area contributed by atoms with Crippen molar-refractivity contribution in [2.75, 3.05) is 13.8 Å². The van der Waals surface area contributed by atoms with E-state index < -0.39 is 11.5 Å². The Balaban J connectivity index is 1.62. The van der Waals surface area contributed by atoms with E-state index >= 15 is 0 Å². The van der Waals surface area contributed by atoms with Crippen LogP contribution in [0.2, 0.25) is 0 Å². The molecule has 0 radical (unpaired) electrons. The number of carbonyl (C=O) groups is 1. The first-order valence-electron chi connectivity index (χ1n) is 9.74. The van der Waals surface area contributed by atoms with Gasteiger partial charge in [0.25, 0.3) is 0 Å². The molecule has 1 aromatic carbocycles. The lowest BCUT2D eigenvalue weighted by Gasteiger charge is -2.39. The maximum atomic E-state index is 13.4. The molecule has 2 aliphatic rings. The first kappa shape index (κ1) is 20.0. The highest BCUT2D eigenvalue weighted by atomic mass is 32.1. The number of guanidine groups is 1. The molecule has 160 valence electrons. The second kappa shape index (κ2) is 7.32. The molecule has 0 unspecified atom stereocenters. The molecule has 0 bridgehead atoms. The van der Waals surface area contributed by atoms with Crippen LogP contribution in [0.5, 0.6) is 11.5 Å². The smallest absolute Gasteiger partial charge is 0.239 e. The van der Waals surface area contributed by atoms with Gasteiger partial charge >= 0.3 is 0 Å². The number of nitrogens with two attached hydrogens (primary N) is 1. The molecule has 4 heterocycles. The van der Waals surface area contributed by atoms with Gasteiger partial charge < -0.3 is 15.2 Å². The van der Waals surface area contributed by atoms with E-state index in [2.05, 4.69) is 11.1 Å². The van der Waals surface area contributed by atoms with E-state index in [9.17, 15) is 4.79 Å². The number of amides is 1. The maximum absolute atomic E-state index is 13.4. The number of hydrogen-bond acceptors (Lipinski definition) is 9. The van der Waals surface area contributed by atoms with Crippen molar-refractivity contribution in [3.8, 4) is 28.8 Å². The average Bonchev–Trinajstić information content (AvgIpc) is 3.47. The molecule has 0 aliphatic carbocycles. The van der Waals surface area contributed by atoms with Gasteiger partial charge in [-0.1, -0.05) is 6.07 Å². The van der Waals surface area contributed by atoms with E-state index in [0.29, 0.717) is 33.3 Å². The highest BCUT2D eigenvalue weighted by molar-refractivity contribution is 7.10. The Hall–Kier alpha value is -3.97. The van der Waals surface area contributed by atoms with Crippen LogP contribution in [0.3, 0.4) is 0 Å². The molecule has 10 heteroatoms. The summed E-state index contributed by atoms with van der Waals surface area (Å²) in [5, 5.41) is 11.7. The van der Waals surface area contributed by atoms with Crippen LogP contribution in [-0.2, 0) is 10.3 Å². The van der Waals surface area contributed by atoms with Crippen LogP contribution in [0.1, 0.15) is 29.0 Å². The molecule has 2 aliphatic heterocycles. The molecule has 32 heavy (non-hydrogen) atoms. The van der Waals surface area contributed by atoms with Gasteiger partial charge in [0, 0.05) is 30.4 Å². The number of pyridine rings is 1. The minimum absolute atomic E-state index is 0.124. The van der Waals surface area contributed by atoms with E-state index in [4.69, 9.17) is 30.4 Å². The fourth-order valence-corrected chi connectivity index (χ4v) is 4.90. The Kier molecular flexibility index (Phi) is 4.56. The predicted octanol–water partition coefficient (Wildman–Crippen LogP) is 2.59. The number of thiazole rings is 1. The van der Waals surface area contributed by atoms with Crippen molar-refractivity contribution in [3.05, 3.63) is 58.2 Å². The summed E-state index contributed by atoms with van der Waals surface area (Å²) in [6.07, 6.45) is 3.14. The minimum Gasteiger partial charge on any atom is -0.454 e. The summed E-state index contributed by atoms with van der Waals surface area (Å²) in [6, 6.07) is 9.25. The molecule has 0 spiro atoms. The quantitative estimate of drug-likeness (QED) is 0.655. The summed E-state index contributed by atoms with van der Waals surface area (Å²) in [4.78, 5) is 28.4. The Morgan fingerprint density at radius 2 is 2.09 bits per heavy atom. The molecule has 0 saturated carbocycles. The number of likely N-dealkylation sites (N-methyl/N-ethyl adjacent to an activating group) is 1. The van der Waals surface area contributed by atoms with E-state index in [1.807, 2.05) is 24.4 Å². The summed E-state index contributed by atoms with van der Waals surface area (Å²) in [7, 11) is 1.60. The number of carbonyl (C=O) groups excluding carboxylic acids is 1. The van der Waals surface area contributed by atoms with Crippen molar-refractivity contribution in [1.82, 2.24) is 14.9 Å². The molecule has 2 aromatic heterocycles. The van der Waals surface area contributed by atoms with Gasteiger partial charge in [-0.2, -0.15) is 5.26 Å². The molecule has 5 rings (SSSR count). The van der Waals surface area contributed by atoms with Crippen molar-refractivity contribution < 1.29 is 14.3 Å². The number of nitrogens with zero attached hydrogens (tertiary/aromatic N) is 5. The van der Waals surface area contributed by atoms with Gasteiger partial charge in [-0.3, -0.25) is 14.7 Å². The van der Waals surface area contributed by atoms with Gasteiger partial charge in [-0.15, -0.1) is 11.3 Å². The van der Waals surface area contributed by atoms with Gasteiger partial charge in [0.05, 0.1) is 17.2 Å². The second-order valence-corrected chi connectivity index (χ2v) is 8.53. The van der Waals surface area contributed by atoms with Crippen molar-refractivity contribution in [3.63, 3.8) is 0 Å². The van der Waals surface area contributed by atoms with Crippen LogP contribution in [-0.4, -0.2) is 40.6 Å².